The number of nitrogens with zero attached hydrogens (tertiary/aromatic N) is 2. The van der Waals surface area contributed by atoms with Crippen LogP contribution >= 0.6 is 0 Å². The number of pyridine rings is 1. The fraction of sp³-hybridized carbons (Fsp3) is 0.429. The van der Waals surface area contributed by atoms with Gasteiger partial charge in [0.05, 0.1) is 18.4 Å². The lowest BCUT2D eigenvalue weighted by atomic mass is 10.0. The number of anilines is 2. The van der Waals surface area contributed by atoms with Gasteiger partial charge in [-0.15, -0.1) is 0 Å². The zero-order valence-corrected chi connectivity index (χ0v) is 15.9. The SMILES string of the molecule is CC1CN(c2cc(C(=N)c3cc(OC4(C)CC4)ccc3N)ccn2)CCO1. The Hall–Kier alpha value is -2.60. The zero-order chi connectivity index (χ0) is 19.0. The van der Waals surface area contributed by atoms with Crippen molar-refractivity contribution in [3.05, 3.63) is 47.7 Å². The van der Waals surface area contributed by atoms with Crippen LogP contribution in [0.2, 0.25) is 0 Å². The van der Waals surface area contributed by atoms with Crippen LogP contribution in [0.25, 0.3) is 0 Å². The van der Waals surface area contributed by atoms with Crippen molar-refractivity contribution < 1.29 is 9.47 Å². The number of hydrogen-bond donors (Lipinski definition) is 2. The third-order valence-electron chi connectivity index (χ3n) is 5.21. The van der Waals surface area contributed by atoms with Gasteiger partial charge in [-0.05, 0) is 57.0 Å². The van der Waals surface area contributed by atoms with Gasteiger partial charge in [0, 0.05) is 36.1 Å². The molecule has 2 aliphatic rings. The first-order valence-electron chi connectivity index (χ1n) is 9.44. The van der Waals surface area contributed by atoms with E-state index in [0.29, 0.717) is 23.6 Å². The van der Waals surface area contributed by atoms with E-state index in [1.54, 1.807) is 6.20 Å². The van der Waals surface area contributed by atoms with Crippen molar-refractivity contribution in [2.75, 3.05) is 30.3 Å². The lowest BCUT2D eigenvalue weighted by Crippen LogP contribution is -2.41. The molecule has 2 aromatic rings. The Morgan fingerprint density at radius 2 is 2.15 bits per heavy atom. The minimum absolute atomic E-state index is 0.0631. The fourth-order valence-corrected chi connectivity index (χ4v) is 3.31. The summed E-state index contributed by atoms with van der Waals surface area (Å²) in [5, 5.41) is 8.70. The highest BCUT2D eigenvalue weighted by atomic mass is 16.5. The van der Waals surface area contributed by atoms with Crippen molar-refractivity contribution in [1.82, 2.24) is 4.98 Å². The van der Waals surface area contributed by atoms with Crippen molar-refractivity contribution in [1.29, 1.82) is 5.41 Å². The minimum Gasteiger partial charge on any atom is -0.488 e. The van der Waals surface area contributed by atoms with Gasteiger partial charge >= 0.3 is 0 Å². The summed E-state index contributed by atoms with van der Waals surface area (Å²) in [6, 6.07) is 9.37. The summed E-state index contributed by atoms with van der Waals surface area (Å²) in [4.78, 5) is 6.68. The van der Waals surface area contributed by atoms with Crippen LogP contribution in [0.4, 0.5) is 11.5 Å². The van der Waals surface area contributed by atoms with Crippen LogP contribution in [0.15, 0.2) is 36.5 Å². The molecule has 6 nitrogen and oxygen atoms in total. The van der Waals surface area contributed by atoms with Crippen LogP contribution in [-0.4, -0.2) is 42.1 Å². The highest BCUT2D eigenvalue weighted by Gasteiger charge is 2.40. The first-order valence-corrected chi connectivity index (χ1v) is 9.44. The number of morpholine rings is 1. The van der Waals surface area contributed by atoms with Crippen molar-refractivity contribution >= 4 is 17.2 Å². The highest BCUT2D eigenvalue weighted by Crippen LogP contribution is 2.40. The molecule has 1 saturated carbocycles. The first-order chi connectivity index (χ1) is 12.9. The van der Waals surface area contributed by atoms with Crippen LogP contribution in [-0.2, 0) is 4.74 Å². The molecule has 2 fully saturated rings. The normalized spacial score (nSPS) is 21.0. The molecule has 0 amide bonds. The van der Waals surface area contributed by atoms with Crippen LogP contribution in [0.3, 0.4) is 0 Å². The van der Waals surface area contributed by atoms with E-state index in [1.807, 2.05) is 30.3 Å². The molecule has 1 unspecified atom stereocenters. The fourth-order valence-electron chi connectivity index (χ4n) is 3.31. The molecule has 0 spiro atoms. The summed E-state index contributed by atoms with van der Waals surface area (Å²) in [6.07, 6.45) is 4.06. The average Bonchev–Trinajstić information content (AvgIpc) is 3.39. The molecule has 6 heteroatoms. The second kappa shape index (κ2) is 6.85. The predicted molar refractivity (Wildman–Crippen MR) is 107 cm³/mol. The zero-order valence-electron chi connectivity index (χ0n) is 15.9. The molecule has 0 bridgehead atoms. The lowest BCUT2D eigenvalue weighted by molar-refractivity contribution is 0.0529. The Balaban J connectivity index is 1.59. The molecule has 1 atom stereocenters. The van der Waals surface area contributed by atoms with Crippen molar-refractivity contribution in [2.45, 2.75) is 38.4 Å². The molecule has 1 aromatic heterocycles. The second-order valence-electron chi connectivity index (χ2n) is 7.71. The van der Waals surface area contributed by atoms with Crippen LogP contribution < -0.4 is 15.4 Å². The topological polar surface area (TPSA) is 84.5 Å². The number of aromatic nitrogens is 1. The first kappa shape index (κ1) is 17.8. The van der Waals surface area contributed by atoms with Crippen molar-refractivity contribution in [3.63, 3.8) is 0 Å². The lowest BCUT2D eigenvalue weighted by Gasteiger charge is -2.32. The molecular weight excluding hydrogens is 340 g/mol. The van der Waals surface area contributed by atoms with Gasteiger partial charge in [0.2, 0.25) is 0 Å². The number of nitrogen functional groups attached to an aromatic ring is 1. The van der Waals surface area contributed by atoms with Crippen molar-refractivity contribution in [3.8, 4) is 5.75 Å². The van der Waals surface area contributed by atoms with Crippen LogP contribution in [0.5, 0.6) is 5.75 Å². The summed E-state index contributed by atoms with van der Waals surface area (Å²) in [7, 11) is 0. The van der Waals surface area contributed by atoms with Crippen molar-refractivity contribution in [2.24, 2.45) is 0 Å². The maximum Gasteiger partial charge on any atom is 0.129 e. The summed E-state index contributed by atoms with van der Waals surface area (Å²) in [5.41, 5.74) is 8.54. The Morgan fingerprint density at radius 1 is 1.33 bits per heavy atom. The van der Waals surface area contributed by atoms with E-state index in [1.165, 1.54) is 0 Å². The van der Waals surface area contributed by atoms with E-state index in [4.69, 9.17) is 20.6 Å². The van der Waals surface area contributed by atoms with E-state index in [0.717, 1.165) is 43.1 Å². The number of hydrogen-bond acceptors (Lipinski definition) is 6. The Morgan fingerprint density at radius 3 is 2.89 bits per heavy atom. The Kier molecular flexibility index (Phi) is 4.52. The third-order valence-corrected chi connectivity index (χ3v) is 5.21. The second-order valence-corrected chi connectivity index (χ2v) is 7.71. The molecule has 1 aliphatic carbocycles. The monoisotopic (exact) mass is 366 g/mol. The quantitative estimate of drug-likeness (QED) is 0.627. The summed E-state index contributed by atoms with van der Waals surface area (Å²) in [5.74, 6) is 1.63. The Bertz CT molecular complexity index is 863. The number of ether oxygens (including phenoxy) is 2. The molecule has 1 aromatic carbocycles. The summed E-state index contributed by atoms with van der Waals surface area (Å²) >= 11 is 0. The minimum atomic E-state index is -0.0631. The van der Waals surface area contributed by atoms with E-state index in [9.17, 15) is 0 Å². The maximum atomic E-state index is 8.70. The molecule has 1 aliphatic heterocycles. The summed E-state index contributed by atoms with van der Waals surface area (Å²) < 4.78 is 11.6. The van der Waals surface area contributed by atoms with E-state index >= 15 is 0 Å². The molecular formula is C21H26N4O2. The average molecular weight is 366 g/mol. The summed E-state index contributed by atoms with van der Waals surface area (Å²) in [6.45, 7) is 6.46. The van der Waals surface area contributed by atoms with Gasteiger partial charge in [0.15, 0.2) is 0 Å². The van der Waals surface area contributed by atoms with E-state index < -0.39 is 0 Å². The van der Waals surface area contributed by atoms with Gasteiger partial charge in [-0.25, -0.2) is 4.98 Å². The molecule has 2 heterocycles. The van der Waals surface area contributed by atoms with E-state index in [2.05, 4.69) is 23.7 Å². The van der Waals surface area contributed by atoms with Gasteiger partial charge < -0.3 is 20.1 Å². The van der Waals surface area contributed by atoms with Gasteiger partial charge in [-0.1, -0.05) is 0 Å². The van der Waals surface area contributed by atoms with Gasteiger partial charge in [0.1, 0.15) is 17.2 Å². The molecule has 3 N–H and O–H groups in total. The number of nitrogens with two attached hydrogens (primary N) is 1. The third kappa shape index (κ3) is 3.90. The molecule has 0 radical (unpaired) electrons. The smallest absolute Gasteiger partial charge is 0.129 e. The number of nitrogens with one attached hydrogen (secondary N) is 1. The highest BCUT2D eigenvalue weighted by molar-refractivity contribution is 6.14. The standard InChI is InChI=1S/C21H26N4O2/c1-14-13-25(9-10-26-14)19-11-15(5-8-24-19)20(23)17-12-16(3-4-18(17)22)27-21(2)6-7-21/h3-5,8,11-12,14,23H,6-7,9-10,13,22H2,1-2H3. The van der Waals surface area contributed by atoms with Crippen LogP contribution in [0, 0.1) is 5.41 Å². The molecule has 4 rings (SSSR count). The number of rotatable bonds is 5. The van der Waals surface area contributed by atoms with E-state index in [-0.39, 0.29) is 11.7 Å². The molecule has 142 valence electrons. The van der Waals surface area contributed by atoms with Crippen LogP contribution in [0.1, 0.15) is 37.8 Å². The largest absolute Gasteiger partial charge is 0.488 e. The predicted octanol–water partition coefficient (Wildman–Crippen LogP) is 3.24. The molecule has 1 saturated heterocycles. The number of benzene rings is 1. The van der Waals surface area contributed by atoms with Gasteiger partial charge in [-0.2, -0.15) is 0 Å². The Labute approximate surface area is 159 Å². The van der Waals surface area contributed by atoms with Gasteiger partial charge in [-0.3, -0.25) is 5.41 Å². The molecule has 27 heavy (non-hydrogen) atoms. The maximum absolute atomic E-state index is 8.70. The van der Waals surface area contributed by atoms with Gasteiger partial charge in [0.25, 0.3) is 0 Å².